The van der Waals surface area contributed by atoms with E-state index in [1.807, 2.05) is 6.07 Å². The zero-order valence-electron chi connectivity index (χ0n) is 26.0. The SMILES string of the molecule is CCCCCCCC[N+](C)(C)Cc1ccc(-c2ccc(C[N+](C)(C)CCCCCCCC)c([N+](=O)[O-])c2)cc1. The lowest BCUT2D eigenvalue weighted by molar-refractivity contribution is -0.904. The van der Waals surface area contributed by atoms with Crippen molar-refractivity contribution in [3.8, 4) is 11.1 Å². The minimum absolute atomic E-state index is 0.208. The average molecular weight is 540 g/mol. The molecule has 0 saturated heterocycles. The average Bonchev–Trinajstić information content (AvgIpc) is 2.88. The van der Waals surface area contributed by atoms with E-state index in [-0.39, 0.29) is 10.6 Å². The lowest BCUT2D eigenvalue weighted by Crippen LogP contribution is -2.39. The first-order chi connectivity index (χ1) is 18.6. The predicted octanol–water partition coefficient (Wildman–Crippen LogP) is 9.14. The highest BCUT2D eigenvalue weighted by Gasteiger charge is 2.23. The van der Waals surface area contributed by atoms with Crippen LogP contribution in [0.15, 0.2) is 42.5 Å². The second kappa shape index (κ2) is 16.8. The smallest absolute Gasteiger partial charge is 0.278 e. The van der Waals surface area contributed by atoms with Crippen LogP contribution < -0.4 is 0 Å². The van der Waals surface area contributed by atoms with Crippen LogP contribution in [0.3, 0.4) is 0 Å². The largest absolute Gasteiger partial charge is 0.325 e. The summed E-state index contributed by atoms with van der Waals surface area (Å²) in [4.78, 5) is 11.8. The molecule has 0 amide bonds. The molecule has 0 spiro atoms. The highest BCUT2D eigenvalue weighted by Crippen LogP contribution is 2.30. The molecule has 2 aromatic carbocycles. The molecule has 0 aliphatic rings. The molecule has 0 saturated carbocycles. The molecule has 0 bridgehead atoms. The Hall–Kier alpha value is -2.24. The van der Waals surface area contributed by atoms with Gasteiger partial charge in [-0.25, -0.2) is 0 Å². The van der Waals surface area contributed by atoms with Gasteiger partial charge in [-0.15, -0.1) is 0 Å². The third-order valence-electron chi connectivity index (χ3n) is 8.01. The summed E-state index contributed by atoms with van der Waals surface area (Å²) in [5.74, 6) is 0. The number of quaternary nitrogens is 2. The maximum atomic E-state index is 12.0. The van der Waals surface area contributed by atoms with Gasteiger partial charge in [0.1, 0.15) is 13.1 Å². The summed E-state index contributed by atoms with van der Waals surface area (Å²) >= 11 is 0. The van der Waals surface area contributed by atoms with Crippen LogP contribution in [0.5, 0.6) is 0 Å². The van der Waals surface area contributed by atoms with Crippen LogP contribution in [-0.4, -0.2) is 55.2 Å². The van der Waals surface area contributed by atoms with Crippen molar-refractivity contribution in [3.05, 3.63) is 63.7 Å². The topological polar surface area (TPSA) is 43.1 Å². The molecule has 0 atom stereocenters. The van der Waals surface area contributed by atoms with Gasteiger partial charge in [0.05, 0.1) is 51.8 Å². The fraction of sp³-hybridized carbons (Fsp3) is 0.647. The van der Waals surface area contributed by atoms with Crippen molar-refractivity contribution in [2.45, 2.75) is 104 Å². The van der Waals surface area contributed by atoms with Crippen molar-refractivity contribution < 1.29 is 13.9 Å². The Kier molecular flexibility index (Phi) is 14.2. The van der Waals surface area contributed by atoms with Crippen molar-refractivity contribution in [2.24, 2.45) is 0 Å². The van der Waals surface area contributed by atoms with E-state index in [4.69, 9.17) is 0 Å². The van der Waals surface area contributed by atoms with E-state index in [0.29, 0.717) is 6.54 Å². The van der Waals surface area contributed by atoms with Crippen LogP contribution in [0.4, 0.5) is 5.69 Å². The Morgan fingerprint density at radius 2 is 1.08 bits per heavy atom. The minimum Gasteiger partial charge on any atom is -0.325 e. The zero-order chi connectivity index (χ0) is 28.7. The number of hydrogen-bond acceptors (Lipinski definition) is 2. The van der Waals surface area contributed by atoms with E-state index in [1.165, 1.54) is 89.2 Å². The summed E-state index contributed by atoms with van der Waals surface area (Å²) in [7, 11) is 9.01. The lowest BCUT2D eigenvalue weighted by atomic mass is 10.00. The highest BCUT2D eigenvalue weighted by atomic mass is 16.6. The molecule has 0 aliphatic heterocycles. The maximum absolute atomic E-state index is 12.0. The molecule has 2 rings (SSSR count). The minimum atomic E-state index is -0.208. The van der Waals surface area contributed by atoms with Gasteiger partial charge in [-0.3, -0.25) is 10.1 Å². The first-order valence-corrected chi connectivity index (χ1v) is 15.6. The molecular weight excluding hydrogens is 482 g/mol. The fourth-order valence-electron chi connectivity index (χ4n) is 5.60. The molecular formula is C34H57N3O2+2. The molecule has 0 N–H and O–H groups in total. The normalized spacial score (nSPS) is 12.2. The van der Waals surface area contributed by atoms with Crippen LogP contribution in [0, 0.1) is 10.1 Å². The first kappa shape index (κ1) is 33.0. The van der Waals surface area contributed by atoms with Crippen LogP contribution in [0.1, 0.15) is 102 Å². The molecule has 5 nitrogen and oxygen atoms in total. The molecule has 218 valence electrons. The van der Waals surface area contributed by atoms with Crippen molar-refractivity contribution in [1.82, 2.24) is 0 Å². The van der Waals surface area contributed by atoms with Crippen LogP contribution in [0.2, 0.25) is 0 Å². The molecule has 0 aliphatic carbocycles. The Morgan fingerprint density at radius 3 is 1.59 bits per heavy atom. The third kappa shape index (κ3) is 12.7. The quantitative estimate of drug-likeness (QED) is 0.0728. The van der Waals surface area contributed by atoms with Crippen molar-refractivity contribution in [3.63, 3.8) is 0 Å². The van der Waals surface area contributed by atoms with E-state index in [2.05, 4.69) is 72.4 Å². The first-order valence-electron chi connectivity index (χ1n) is 15.6. The van der Waals surface area contributed by atoms with Gasteiger partial charge in [0.25, 0.3) is 5.69 Å². The summed E-state index contributed by atoms with van der Waals surface area (Å²) in [6, 6.07) is 14.4. The van der Waals surface area contributed by atoms with Crippen LogP contribution in [0.25, 0.3) is 11.1 Å². The number of nitro benzene ring substituents is 1. The van der Waals surface area contributed by atoms with Crippen LogP contribution >= 0.6 is 0 Å². The number of benzene rings is 2. The fourth-order valence-corrected chi connectivity index (χ4v) is 5.60. The van der Waals surface area contributed by atoms with E-state index >= 15 is 0 Å². The Bertz CT molecular complexity index is 982. The second-order valence-corrected chi connectivity index (χ2v) is 13.0. The monoisotopic (exact) mass is 539 g/mol. The van der Waals surface area contributed by atoms with Crippen molar-refractivity contribution >= 4 is 5.69 Å². The van der Waals surface area contributed by atoms with E-state index in [0.717, 1.165) is 38.7 Å². The Labute approximate surface area is 239 Å². The molecule has 0 aromatic heterocycles. The summed E-state index contributed by atoms with van der Waals surface area (Å²) in [5.41, 5.74) is 4.33. The van der Waals surface area contributed by atoms with Gasteiger partial charge in [-0.2, -0.15) is 0 Å². The van der Waals surface area contributed by atoms with Gasteiger partial charge in [0.15, 0.2) is 0 Å². The molecule has 5 heteroatoms. The van der Waals surface area contributed by atoms with Gasteiger partial charge < -0.3 is 8.97 Å². The number of unbranched alkanes of at least 4 members (excludes halogenated alkanes) is 10. The zero-order valence-corrected chi connectivity index (χ0v) is 26.0. The number of nitrogens with zero attached hydrogens (tertiary/aromatic N) is 3. The van der Waals surface area contributed by atoms with E-state index in [9.17, 15) is 10.1 Å². The number of rotatable bonds is 20. The van der Waals surface area contributed by atoms with Gasteiger partial charge >= 0.3 is 0 Å². The Morgan fingerprint density at radius 1 is 0.615 bits per heavy atom. The summed E-state index contributed by atoms with van der Waals surface area (Å²) in [6.45, 7) is 8.41. The van der Waals surface area contributed by atoms with Gasteiger partial charge in [0.2, 0.25) is 0 Å². The molecule has 0 radical (unpaired) electrons. The van der Waals surface area contributed by atoms with Crippen molar-refractivity contribution in [2.75, 3.05) is 41.3 Å². The summed E-state index contributed by atoms with van der Waals surface area (Å²) < 4.78 is 1.76. The number of hydrogen-bond donors (Lipinski definition) is 0. The lowest BCUT2D eigenvalue weighted by Gasteiger charge is -2.30. The van der Waals surface area contributed by atoms with Gasteiger partial charge in [-0.05, 0) is 42.9 Å². The van der Waals surface area contributed by atoms with Crippen molar-refractivity contribution in [1.29, 1.82) is 0 Å². The standard InChI is InChI=1S/C34H57N3O2/c1-7-9-11-13-15-17-25-36(3,4)28-30-19-21-31(22-20-30)32-23-24-33(34(27-32)35(38)39)29-37(5,6)26-18-16-14-12-10-8-2/h19-24,27H,7-18,25-26,28-29H2,1-6H3/q+2. The third-order valence-corrected chi connectivity index (χ3v) is 8.01. The molecule has 0 fully saturated rings. The molecule has 0 unspecified atom stereocenters. The van der Waals surface area contributed by atoms with Gasteiger partial charge in [0, 0.05) is 11.6 Å². The second-order valence-electron chi connectivity index (χ2n) is 13.0. The molecule has 0 heterocycles. The highest BCUT2D eigenvalue weighted by molar-refractivity contribution is 5.67. The number of nitro groups is 1. The summed E-state index contributed by atoms with van der Waals surface area (Å²) in [6.07, 6.45) is 15.6. The van der Waals surface area contributed by atoms with Crippen LogP contribution in [-0.2, 0) is 13.1 Å². The maximum Gasteiger partial charge on any atom is 0.278 e. The van der Waals surface area contributed by atoms with E-state index < -0.39 is 0 Å². The summed E-state index contributed by atoms with van der Waals surface area (Å²) in [5, 5.41) is 12.0. The van der Waals surface area contributed by atoms with E-state index in [1.54, 1.807) is 6.07 Å². The predicted molar refractivity (Wildman–Crippen MR) is 167 cm³/mol. The molecule has 2 aromatic rings. The molecule has 39 heavy (non-hydrogen) atoms. The van der Waals surface area contributed by atoms with Gasteiger partial charge in [-0.1, -0.05) is 95.5 Å². The Balaban J connectivity index is 1.99.